The summed E-state index contributed by atoms with van der Waals surface area (Å²) in [5.74, 6) is -6.41. The van der Waals surface area contributed by atoms with Crippen molar-refractivity contribution in [2.24, 2.45) is 45.1 Å². The molecule has 6 heterocycles. The molecule has 12 rings (SSSR count). The summed E-state index contributed by atoms with van der Waals surface area (Å²) in [6.07, 6.45) is 12.2. The molecule has 90 heavy (non-hydrogen) atoms. The fourth-order valence-corrected chi connectivity index (χ4v) is 17.5. The minimum atomic E-state index is -1.25. The van der Waals surface area contributed by atoms with Gasteiger partial charge in [0.2, 0.25) is 11.8 Å². The molecule has 4 aliphatic carbocycles. The Bertz CT molecular complexity index is 3430. The maximum atomic E-state index is 16.1. The number of likely N-dealkylation sites (N-methyl/N-ethyl adjacent to an activating group) is 2. The molecule has 2 aromatic heterocycles. The number of ether oxygens (including phenoxy) is 2. The lowest BCUT2D eigenvalue weighted by molar-refractivity contribution is -0.146. The van der Waals surface area contributed by atoms with Gasteiger partial charge < -0.3 is 40.7 Å². The number of Topliss-reactive ketones (excluding diaryl/α,β-unsaturated/α-hetero) is 1. The van der Waals surface area contributed by atoms with Crippen molar-refractivity contribution in [1.82, 2.24) is 19.8 Å². The van der Waals surface area contributed by atoms with Crippen LogP contribution in [-0.2, 0) is 49.1 Å². The van der Waals surface area contributed by atoms with Crippen LogP contribution in [0.3, 0.4) is 0 Å². The fraction of sp³-hybridized carbons (Fsp3) is 0.582. The topological polar surface area (TPSA) is 223 Å². The Kier molecular flexibility index (Phi) is 20.3. The van der Waals surface area contributed by atoms with Crippen LogP contribution in [0.2, 0.25) is 20.4 Å². The summed E-state index contributed by atoms with van der Waals surface area (Å²) >= 11 is 24.9. The lowest BCUT2D eigenvalue weighted by Crippen LogP contribution is -2.52. The number of pyridine rings is 2. The third kappa shape index (κ3) is 12.3. The Hall–Kier alpha value is -5.05. The van der Waals surface area contributed by atoms with Crippen LogP contribution < -0.4 is 16.4 Å². The van der Waals surface area contributed by atoms with Gasteiger partial charge in [0, 0.05) is 92.2 Å². The van der Waals surface area contributed by atoms with E-state index in [9.17, 15) is 33.9 Å². The average Bonchev–Trinajstić information content (AvgIpc) is 1.51. The van der Waals surface area contributed by atoms with Crippen LogP contribution in [0, 0.1) is 51.0 Å². The molecule has 4 amide bonds. The molecule has 4 aromatic rings. The zero-order valence-electron chi connectivity index (χ0n) is 52.2. The highest BCUT2D eigenvalue weighted by Crippen LogP contribution is 2.74. The van der Waals surface area contributed by atoms with Gasteiger partial charge in [-0.25, -0.2) is 18.7 Å². The maximum Gasteiger partial charge on any atom is 0.307 e. The number of hydrogen-bond donors (Lipinski definition) is 4. The largest absolute Gasteiger partial charge is 0.481 e. The third-order valence-corrected chi connectivity index (χ3v) is 22.5. The van der Waals surface area contributed by atoms with Gasteiger partial charge in [-0.05, 0) is 176 Å². The minimum absolute atomic E-state index is 0. The van der Waals surface area contributed by atoms with Crippen molar-refractivity contribution in [3.63, 3.8) is 0 Å². The van der Waals surface area contributed by atoms with Gasteiger partial charge in [0.1, 0.15) is 18.0 Å². The standard InChI is InChI=1S/C34H40Cl2FN3O4.C25H25Cl2FN2O3.C8H16N2O2.ClH/c1-32(2)10-12-33(13-11-32)17-22(25(41)15-19-5-8-26(44-18-19)30(42)40(3)4)27(21-9-14-38-29(36)28(21)37)34(33)23-7-6-20(35)16-24(23)39-31(34)43;1-23(2)6-8-24(9-7-23)12-15(21(31)32)18(14-5-10-29-20(27)19(14)28)25(24)16-4-3-13(26)11-17(16)30-22(25)33;1-10(2)8(11)7-4-3-6(9)5-12-7;/h6-7,9,14,16,19,22,26-27H,5,8,10-13,15,17-18H2,1-4H3,(H,39,43);3-5,10-11,15,18H,6-9,12H2,1-2H3,(H,30,33)(H,31,32);6-7H,3-5,9H2,1-2H3;1H/t19-,22-,26-,27-,34+;15-,18+,25-;6-,7+;/m011./s1. The molecule has 16 nitrogen and oxygen atoms in total. The Balaban J connectivity index is 0.000000183. The molecule has 5 N–H and O–H groups in total. The van der Waals surface area contributed by atoms with Gasteiger partial charge in [0.15, 0.2) is 21.9 Å². The second-order valence-electron chi connectivity index (χ2n) is 28.3. The zero-order valence-corrected chi connectivity index (χ0v) is 56.0. The predicted octanol–water partition coefficient (Wildman–Crippen LogP) is 13.1. The van der Waals surface area contributed by atoms with E-state index in [1.165, 1.54) is 23.4 Å². The number of anilines is 2. The van der Waals surface area contributed by atoms with E-state index in [1.54, 1.807) is 69.5 Å². The number of carbonyl (C=O) groups is 6. The summed E-state index contributed by atoms with van der Waals surface area (Å²) < 4.78 is 42.7. The number of amides is 4. The number of rotatable bonds is 8. The van der Waals surface area contributed by atoms with Crippen molar-refractivity contribution >= 4 is 106 Å². The van der Waals surface area contributed by atoms with Crippen molar-refractivity contribution in [3.8, 4) is 0 Å². The first-order chi connectivity index (χ1) is 41.9. The number of benzene rings is 2. The number of nitrogens with zero attached hydrogens (tertiary/aromatic N) is 4. The van der Waals surface area contributed by atoms with Crippen molar-refractivity contribution < 1.29 is 52.1 Å². The normalized spacial score (nSPS) is 29.5. The summed E-state index contributed by atoms with van der Waals surface area (Å²) in [4.78, 5) is 90.5. The zero-order chi connectivity index (χ0) is 64.5. The predicted molar refractivity (Wildman–Crippen MR) is 344 cm³/mol. The van der Waals surface area contributed by atoms with Gasteiger partial charge in [0.05, 0.1) is 30.0 Å². The molecule has 4 saturated carbocycles. The maximum absolute atomic E-state index is 16.1. The van der Waals surface area contributed by atoms with Crippen LogP contribution in [0.5, 0.6) is 0 Å². The Morgan fingerprint density at radius 2 is 1.03 bits per heavy atom. The van der Waals surface area contributed by atoms with E-state index in [1.807, 2.05) is 6.07 Å². The molecular weight excluding hydrogens is 1260 g/mol. The number of carbonyl (C=O) groups excluding carboxylic acids is 5. The number of nitrogens with two attached hydrogens (primary N) is 1. The molecule has 0 unspecified atom stereocenters. The number of hydrogen-bond acceptors (Lipinski definition) is 11. The number of aromatic nitrogens is 2. The number of aliphatic carboxylic acids is 1. The van der Waals surface area contributed by atoms with E-state index in [-0.39, 0.29) is 105 Å². The molecule has 10 atom stereocenters. The van der Waals surface area contributed by atoms with Gasteiger partial charge in [-0.3, -0.25) is 28.8 Å². The van der Waals surface area contributed by atoms with Gasteiger partial charge >= 0.3 is 5.97 Å². The van der Waals surface area contributed by atoms with Crippen LogP contribution in [0.1, 0.15) is 158 Å². The molecule has 2 saturated heterocycles. The number of carboxylic acids is 1. The first-order valence-electron chi connectivity index (χ1n) is 30.9. The molecule has 4 spiro atoms. The highest BCUT2D eigenvalue weighted by Gasteiger charge is 2.74. The first-order valence-corrected chi connectivity index (χ1v) is 32.4. The molecule has 4 aliphatic heterocycles. The molecule has 0 radical (unpaired) electrons. The number of carboxylic acid groups (broad SMARTS) is 1. The Morgan fingerprint density at radius 1 is 0.622 bits per heavy atom. The van der Waals surface area contributed by atoms with Gasteiger partial charge in [-0.15, -0.1) is 12.4 Å². The van der Waals surface area contributed by atoms with E-state index >= 15 is 8.78 Å². The summed E-state index contributed by atoms with van der Waals surface area (Å²) in [5.41, 5.74) is 5.16. The molecule has 0 bridgehead atoms. The van der Waals surface area contributed by atoms with Crippen LogP contribution in [0.25, 0.3) is 0 Å². The van der Waals surface area contributed by atoms with Gasteiger partial charge in [-0.2, -0.15) is 0 Å². The highest BCUT2D eigenvalue weighted by atomic mass is 35.5. The second-order valence-corrected chi connectivity index (χ2v) is 29.9. The van der Waals surface area contributed by atoms with Crippen molar-refractivity contribution in [1.29, 1.82) is 0 Å². The molecule has 23 heteroatoms. The number of nitrogens with one attached hydrogen (secondary N) is 2. The molecule has 8 aliphatic rings. The molecular formula is C67H82Cl5F2N7O9. The molecule has 6 fully saturated rings. The SMILES string of the molecule is CC1(C)CCC2(CC1)C[C@@H](C(=O)O)[C@H](c1ccnc(Cl)c1F)[C@]21C(=O)Nc2cc(Cl)ccc21.CN(C)C(=O)[C@@H]1CC[C@@H](CC(=O)[C@@H]2CC3(CCC(C)(C)CC3)[C@@]3(C(=O)Nc4cc(Cl)ccc43)[C@H]2c2ccnc(Cl)c2F)CO1.CN(C)C(=O)[C@@H]1CC[C@@H](N)CO1.Cl. The van der Waals surface area contributed by atoms with Crippen LogP contribution in [0.4, 0.5) is 20.2 Å². The third-order valence-electron chi connectivity index (χ3n) is 21.5. The van der Waals surface area contributed by atoms with Crippen LogP contribution >= 0.6 is 58.8 Å². The highest BCUT2D eigenvalue weighted by molar-refractivity contribution is 6.32. The molecule has 2 aromatic carbocycles. The number of fused-ring (bicyclic) bond motifs is 6. The fourth-order valence-electron chi connectivity index (χ4n) is 16.9. The van der Waals surface area contributed by atoms with Crippen LogP contribution in [-0.4, -0.2) is 120 Å². The number of halogens is 7. The van der Waals surface area contributed by atoms with E-state index in [0.717, 1.165) is 56.9 Å². The van der Waals surface area contributed by atoms with E-state index in [2.05, 4.69) is 48.3 Å². The summed E-state index contributed by atoms with van der Waals surface area (Å²) in [6, 6.07) is 13.8. The smallest absolute Gasteiger partial charge is 0.307 e. The lowest BCUT2D eigenvalue weighted by Gasteiger charge is -2.51. The monoisotopic (exact) mass is 1340 g/mol. The van der Waals surface area contributed by atoms with E-state index in [0.29, 0.717) is 72.3 Å². The van der Waals surface area contributed by atoms with Crippen molar-refractivity contribution in [2.75, 3.05) is 52.0 Å². The minimum Gasteiger partial charge on any atom is -0.481 e. The second kappa shape index (κ2) is 26.4. The van der Waals surface area contributed by atoms with E-state index < -0.39 is 69.0 Å². The Morgan fingerprint density at radius 3 is 1.42 bits per heavy atom. The summed E-state index contributed by atoms with van der Waals surface area (Å²) in [7, 11) is 6.88. The molecule has 488 valence electrons. The van der Waals surface area contributed by atoms with Crippen LogP contribution in [0.15, 0.2) is 60.9 Å². The Labute approximate surface area is 551 Å². The van der Waals surface area contributed by atoms with Crippen molar-refractivity contribution in [3.05, 3.63) is 115 Å². The summed E-state index contributed by atoms with van der Waals surface area (Å²) in [5, 5.41) is 16.7. The lowest BCUT2D eigenvalue weighted by atomic mass is 9.51. The van der Waals surface area contributed by atoms with Gasteiger partial charge in [-0.1, -0.05) is 86.2 Å². The van der Waals surface area contributed by atoms with Gasteiger partial charge in [0.25, 0.3) is 11.8 Å². The summed E-state index contributed by atoms with van der Waals surface area (Å²) in [6.45, 7) is 9.67. The first kappa shape index (κ1) is 69.3. The number of ketones is 1. The van der Waals surface area contributed by atoms with Crippen molar-refractivity contribution in [2.45, 2.75) is 165 Å². The average molecular weight is 1340 g/mol. The van der Waals surface area contributed by atoms with E-state index in [4.69, 9.17) is 61.6 Å². The quantitative estimate of drug-likeness (QED) is 0.121.